The van der Waals surface area contributed by atoms with Gasteiger partial charge in [-0.3, -0.25) is 4.79 Å². The summed E-state index contributed by atoms with van der Waals surface area (Å²) in [6, 6.07) is -0.898. The van der Waals surface area contributed by atoms with Crippen LogP contribution in [-0.2, 0) is 23.8 Å². The molecule has 2 aliphatic heterocycles. The van der Waals surface area contributed by atoms with Gasteiger partial charge in [-0.05, 0) is 0 Å². The lowest BCUT2D eigenvalue weighted by Crippen LogP contribution is -2.72. The van der Waals surface area contributed by atoms with E-state index in [1.54, 1.807) is 0 Å². The highest BCUT2D eigenvalue weighted by Gasteiger charge is 2.61. The van der Waals surface area contributed by atoms with Crippen LogP contribution < -0.4 is 5.32 Å². The molecule has 1 amide bonds. The van der Waals surface area contributed by atoms with E-state index in [4.69, 9.17) is 19.3 Å². The van der Waals surface area contributed by atoms with E-state index in [1.165, 1.54) is 14.0 Å². The first-order valence-corrected chi connectivity index (χ1v) is 6.52. The average Bonchev–Trinajstić information content (AvgIpc) is 2.45. The molecule has 0 spiro atoms. The molecule has 2 aliphatic rings. The van der Waals surface area contributed by atoms with Crippen LogP contribution in [0, 0.1) is 0 Å². The predicted molar refractivity (Wildman–Crippen MR) is 65.8 cm³/mol. The molecule has 0 aromatic carbocycles. The molecule has 0 unspecified atom stereocenters. The summed E-state index contributed by atoms with van der Waals surface area (Å²) in [5.41, 5.74) is 0. The Bertz CT molecular complexity index is 427. The predicted octanol–water partition coefficient (Wildman–Crippen LogP) is -2.74. The standard InChI is InChI=1S/C12H19NO8/c1-5(15)13-8-6(16)3-12(19-2)11(18)20-9(7(17)4-14)10(8)21-12/h6-10,14,16-17H,3-4H2,1-2H3,(H,13,15)/t6-,7+,8+,9+,10+,12-/m0/s1. The SMILES string of the molecule is CO[C@@]12C[C@H](O)[C@@H](NC(C)=O)[C@@H](O1)[C@@H]([C@H](O)CO)OC2=O. The molecular weight excluding hydrogens is 286 g/mol. The topological polar surface area (TPSA) is 135 Å². The van der Waals surface area contributed by atoms with Gasteiger partial charge in [0.15, 0.2) is 6.10 Å². The lowest BCUT2D eigenvalue weighted by Gasteiger charge is -2.51. The van der Waals surface area contributed by atoms with Gasteiger partial charge in [-0.1, -0.05) is 0 Å². The fourth-order valence-electron chi connectivity index (χ4n) is 2.67. The summed E-state index contributed by atoms with van der Waals surface area (Å²) in [7, 11) is 1.23. The summed E-state index contributed by atoms with van der Waals surface area (Å²) in [5, 5.41) is 31.5. The summed E-state index contributed by atoms with van der Waals surface area (Å²) in [4.78, 5) is 23.2. The maximum atomic E-state index is 12.0. The van der Waals surface area contributed by atoms with Crippen LogP contribution in [0.2, 0.25) is 0 Å². The zero-order valence-corrected chi connectivity index (χ0v) is 11.7. The highest BCUT2D eigenvalue weighted by molar-refractivity contribution is 5.79. The molecule has 2 rings (SSSR count). The van der Waals surface area contributed by atoms with Crippen molar-refractivity contribution in [2.75, 3.05) is 13.7 Å². The van der Waals surface area contributed by atoms with Gasteiger partial charge in [-0.15, -0.1) is 0 Å². The largest absolute Gasteiger partial charge is 0.453 e. The molecule has 9 nitrogen and oxygen atoms in total. The van der Waals surface area contributed by atoms with Gasteiger partial charge in [-0.2, -0.15) is 0 Å². The van der Waals surface area contributed by atoms with E-state index in [0.717, 1.165) is 0 Å². The highest BCUT2D eigenvalue weighted by Crippen LogP contribution is 2.38. The van der Waals surface area contributed by atoms with Crippen molar-refractivity contribution in [3.05, 3.63) is 0 Å². The molecule has 0 saturated carbocycles. The third-order valence-electron chi connectivity index (χ3n) is 3.72. The number of ether oxygens (including phenoxy) is 3. The molecular formula is C12H19NO8. The van der Waals surface area contributed by atoms with Crippen molar-refractivity contribution in [1.29, 1.82) is 0 Å². The van der Waals surface area contributed by atoms with E-state index >= 15 is 0 Å². The smallest absolute Gasteiger partial charge is 0.367 e. The lowest BCUT2D eigenvalue weighted by molar-refractivity contribution is -0.337. The van der Waals surface area contributed by atoms with Crippen molar-refractivity contribution in [1.82, 2.24) is 5.32 Å². The van der Waals surface area contributed by atoms with Crippen molar-refractivity contribution in [3.8, 4) is 0 Å². The van der Waals surface area contributed by atoms with Crippen LogP contribution in [0.4, 0.5) is 0 Å². The summed E-state index contributed by atoms with van der Waals surface area (Å²) >= 11 is 0. The number of methoxy groups -OCH3 is 1. The number of amides is 1. The van der Waals surface area contributed by atoms with Crippen LogP contribution in [0.15, 0.2) is 0 Å². The van der Waals surface area contributed by atoms with Crippen molar-refractivity contribution in [2.24, 2.45) is 0 Å². The van der Waals surface area contributed by atoms with E-state index in [2.05, 4.69) is 5.32 Å². The molecule has 9 heteroatoms. The Kier molecular flexibility index (Phi) is 4.49. The Morgan fingerprint density at radius 2 is 2.29 bits per heavy atom. The zero-order chi connectivity index (χ0) is 15.8. The number of carbonyl (C=O) groups is 2. The Balaban J connectivity index is 2.33. The minimum absolute atomic E-state index is 0.217. The van der Waals surface area contributed by atoms with E-state index in [1.807, 2.05) is 0 Å². The van der Waals surface area contributed by atoms with Crippen molar-refractivity contribution in [3.63, 3.8) is 0 Å². The van der Waals surface area contributed by atoms with Gasteiger partial charge in [0.2, 0.25) is 5.91 Å². The second-order valence-corrected chi connectivity index (χ2v) is 5.16. The lowest BCUT2D eigenvalue weighted by atomic mass is 9.86. The number of carbonyl (C=O) groups excluding carboxylic acids is 2. The van der Waals surface area contributed by atoms with E-state index < -0.39 is 54.7 Å². The normalized spacial score (nSPS) is 40.3. The molecule has 0 radical (unpaired) electrons. The molecule has 120 valence electrons. The summed E-state index contributed by atoms with van der Waals surface area (Å²) in [5.74, 6) is -3.08. The number of hydrogen-bond acceptors (Lipinski definition) is 8. The van der Waals surface area contributed by atoms with Gasteiger partial charge in [0, 0.05) is 20.5 Å². The van der Waals surface area contributed by atoms with Gasteiger partial charge < -0.3 is 34.8 Å². The second-order valence-electron chi connectivity index (χ2n) is 5.16. The Labute approximate surface area is 120 Å². The van der Waals surface area contributed by atoms with Crippen LogP contribution in [0.1, 0.15) is 13.3 Å². The minimum Gasteiger partial charge on any atom is -0.453 e. The van der Waals surface area contributed by atoms with E-state index in [-0.39, 0.29) is 6.42 Å². The molecule has 2 saturated heterocycles. The minimum atomic E-state index is -1.77. The molecule has 2 bridgehead atoms. The van der Waals surface area contributed by atoms with Crippen molar-refractivity contribution < 1.29 is 39.1 Å². The number of aliphatic hydroxyl groups excluding tert-OH is 3. The fraction of sp³-hybridized carbons (Fsp3) is 0.833. The van der Waals surface area contributed by atoms with Crippen LogP contribution in [0.3, 0.4) is 0 Å². The molecule has 21 heavy (non-hydrogen) atoms. The number of fused-ring (bicyclic) bond motifs is 2. The Hall–Kier alpha value is -1.26. The Morgan fingerprint density at radius 1 is 1.62 bits per heavy atom. The van der Waals surface area contributed by atoms with Crippen LogP contribution in [0.5, 0.6) is 0 Å². The molecule has 2 fully saturated rings. The third kappa shape index (κ3) is 2.74. The first-order chi connectivity index (χ1) is 9.84. The van der Waals surface area contributed by atoms with Crippen molar-refractivity contribution >= 4 is 11.9 Å². The number of cyclic esters (lactones) is 1. The molecule has 0 aromatic rings. The number of aliphatic hydroxyl groups is 3. The first kappa shape index (κ1) is 16.1. The van der Waals surface area contributed by atoms with Gasteiger partial charge in [-0.25, -0.2) is 4.79 Å². The number of nitrogens with one attached hydrogen (secondary N) is 1. The zero-order valence-electron chi connectivity index (χ0n) is 11.7. The van der Waals surface area contributed by atoms with E-state index in [0.29, 0.717) is 0 Å². The summed E-state index contributed by atoms with van der Waals surface area (Å²) in [6.45, 7) is 0.595. The fourth-order valence-corrected chi connectivity index (χ4v) is 2.67. The summed E-state index contributed by atoms with van der Waals surface area (Å²) in [6.07, 6.45) is -5.02. The highest BCUT2D eigenvalue weighted by atomic mass is 16.8. The first-order valence-electron chi connectivity index (χ1n) is 6.52. The monoisotopic (exact) mass is 305 g/mol. The molecule has 6 atom stereocenters. The maximum Gasteiger partial charge on any atom is 0.367 e. The quantitative estimate of drug-likeness (QED) is 0.411. The molecule has 2 heterocycles. The van der Waals surface area contributed by atoms with Gasteiger partial charge in [0.1, 0.15) is 12.2 Å². The second kappa shape index (κ2) is 5.85. The number of hydrogen-bond donors (Lipinski definition) is 4. The van der Waals surface area contributed by atoms with Gasteiger partial charge in [0.25, 0.3) is 5.79 Å². The third-order valence-corrected chi connectivity index (χ3v) is 3.72. The van der Waals surface area contributed by atoms with Crippen LogP contribution in [0.25, 0.3) is 0 Å². The summed E-state index contributed by atoms with van der Waals surface area (Å²) < 4.78 is 15.7. The average molecular weight is 305 g/mol. The Morgan fingerprint density at radius 3 is 2.81 bits per heavy atom. The number of rotatable bonds is 4. The van der Waals surface area contributed by atoms with Gasteiger partial charge in [0.05, 0.1) is 18.8 Å². The van der Waals surface area contributed by atoms with Crippen LogP contribution in [-0.4, -0.2) is 77.2 Å². The molecule has 4 N–H and O–H groups in total. The van der Waals surface area contributed by atoms with E-state index in [9.17, 15) is 19.8 Å². The number of esters is 1. The van der Waals surface area contributed by atoms with Crippen molar-refractivity contribution in [2.45, 2.75) is 49.6 Å². The molecule has 0 aliphatic carbocycles. The van der Waals surface area contributed by atoms with Gasteiger partial charge >= 0.3 is 5.97 Å². The maximum absolute atomic E-state index is 12.0. The van der Waals surface area contributed by atoms with Crippen LogP contribution >= 0.6 is 0 Å². The molecule has 0 aromatic heterocycles.